The fraction of sp³-hybridized carbons (Fsp3) is 0.412. The zero-order valence-electron chi connectivity index (χ0n) is 12.8. The van der Waals surface area contributed by atoms with Crippen molar-refractivity contribution in [2.24, 2.45) is 0 Å². The summed E-state index contributed by atoms with van der Waals surface area (Å²) in [4.78, 5) is 7.19. The summed E-state index contributed by atoms with van der Waals surface area (Å²) >= 11 is 1.76. The normalized spacial score (nSPS) is 15.5. The highest BCUT2D eigenvalue weighted by molar-refractivity contribution is 7.11. The lowest BCUT2D eigenvalue weighted by atomic mass is 9.41. The molecule has 22 heavy (non-hydrogen) atoms. The quantitative estimate of drug-likeness (QED) is 0.783. The van der Waals surface area contributed by atoms with Gasteiger partial charge in [0.1, 0.15) is 6.61 Å². The Hall–Kier alpha value is -1.80. The lowest BCUT2D eigenvalue weighted by Gasteiger charge is -2.22. The molecular formula is C17H19BN2OS. The largest absolute Gasteiger partial charge is 0.472 e. The van der Waals surface area contributed by atoms with Crippen LogP contribution in [0, 0.1) is 18.2 Å². The van der Waals surface area contributed by atoms with Crippen LogP contribution >= 0.6 is 11.3 Å². The number of nitriles is 1. The van der Waals surface area contributed by atoms with Crippen molar-refractivity contribution in [3.05, 3.63) is 45.8 Å². The second kappa shape index (κ2) is 6.98. The smallest absolute Gasteiger partial charge is 0.267 e. The van der Waals surface area contributed by atoms with Crippen molar-refractivity contribution in [1.29, 1.82) is 5.26 Å². The molecule has 1 aliphatic rings. The first-order valence-corrected chi connectivity index (χ1v) is 8.61. The maximum atomic E-state index is 8.99. The number of hydrogen-bond donors (Lipinski definition) is 0. The van der Waals surface area contributed by atoms with E-state index >= 15 is 0 Å². The summed E-state index contributed by atoms with van der Waals surface area (Å²) in [7, 11) is 0. The van der Waals surface area contributed by atoms with E-state index in [0.717, 1.165) is 31.2 Å². The molecule has 0 N–H and O–H groups in total. The van der Waals surface area contributed by atoms with Gasteiger partial charge in [0.25, 0.3) is 6.71 Å². The summed E-state index contributed by atoms with van der Waals surface area (Å²) in [5.41, 5.74) is 1.11. The third kappa shape index (κ3) is 3.69. The van der Waals surface area contributed by atoms with Crippen LogP contribution in [0.5, 0.6) is 5.88 Å². The number of pyridine rings is 1. The standard InChI is InChI=1S/C17H19BN2OS/c1-13-5-6-15(22-13)11-21-17-4-2-3-16(20-17)14-7-9-18(12-19)10-8-14/h2-6,14H,7-11H2,1H3. The maximum absolute atomic E-state index is 8.99. The molecule has 0 aromatic carbocycles. The first kappa shape index (κ1) is 15.1. The molecule has 0 amide bonds. The van der Waals surface area contributed by atoms with Crippen molar-refractivity contribution in [3.8, 4) is 11.8 Å². The van der Waals surface area contributed by atoms with E-state index in [1.165, 1.54) is 9.75 Å². The van der Waals surface area contributed by atoms with E-state index in [4.69, 9.17) is 10.00 Å². The molecular weight excluding hydrogens is 291 g/mol. The minimum Gasteiger partial charge on any atom is -0.472 e. The van der Waals surface area contributed by atoms with Crippen LogP contribution in [-0.4, -0.2) is 11.7 Å². The second-order valence-corrected chi connectivity index (χ2v) is 7.25. The molecule has 3 heterocycles. The van der Waals surface area contributed by atoms with Crippen LogP contribution in [0.15, 0.2) is 30.3 Å². The van der Waals surface area contributed by atoms with Crippen LogP contribution in [0.3, 0.4) is 0 Å². The molecule has 5 heteroatoms. The SMILES string of the molecule is Cc1ccc(COc2cccc(C3CCB(C#N)CC3)n2)s1. The van der Waals surface area contributed by atoms with E-state index in [0.29, 0.717) is 18.4 Å². The summed E-state index contributed by atoms with van der Waals surface area (Å²) < 4.78 is 5.83. The summed E-state index contributed by atoms with van der Waals surface area (Å²) in [6, 6.07) is 10.2. The fourth-order valence-corrected chi connectivity index (χ4v) is 3.77. The summed E-state index contributed by atoms with van der Waals surface area (Å²) in [6.45, 7) is 2.92. The predicted molar refractivity (Wildman–Crippen MR) is 90.6 cm³/mol. The Bertz CT molecular complexity index is 671. The molecule has 112 valence electrons. The molecule has 0 atom stereocenters. The van der Waals surface area contributed by atoms with Crippen LogP contribution in [-0.2, 0) is 6.61 Å². The van der Waals surface area contributed by atoms with Gasteiger partial charge in [-0.2, -0.15) is 0 Å². The van der Waals surface area contributed by atoms with Gasteiger partial charge in [-0.15, -0.1) is 11.3 Å². The molecule has 1 saturated heterocycles. The average molecular weight is 310 g/mol. The summed E-state index contributed by atoms with van der Waals surface area (Å²) in [5, 5.41) is 8.99. The highest BCUT2D eigenvalue weighted by atomic mass is 32.1. The molecule has 0 bridgehead atoms. The molecule has 3 nitrogen and oxygen atoms in total. The monoisotopic (exact) mass is 310 g/mol. The van der Waals surface area contributed by atoms with Gasteiger partial charge in [0.2, 0.25) is 5.88 Å². The van der Waals surface area contributed by atoms with E-state index in [2.05, 4.69) is 36.1 Å². The molecule has 1 fully saturated rings. The lowest BCUT2D eigenvalue weighted by molar-refractivity contribution is 0.295. The number of hydrogen-bond acceptors (Lipinski definition) is 4. The molecule has 0 spiro atoms. The third-order valence-electron chi connectivity index (χ3n) is 4.23. The molecule has 2 aromatic rings. The molecule has 0 unspecified atom stereocenters. The topological polar surface area (TPSA) is 45.9 Å². The minimum absolute atomic E-state index is 0.234. The van der Waals surface area contributed by atoms with Crippen molar-refractivity contribution in [3.63, 3.8) is 0 Å². The highest BCUT2D eigenvalue weighted by Crippen LogP contribution is 2.33. The molecule has 3 rings (SSSR count). The van der Waals surface area contributed by atoms with Gasteiger partial charge in [-0.25, -0.2) is 10.2 Å². The van der Waals surface area contributed by atoms with E-state index in [1.807, 2.05) is 12.1 Å². The predicted octanol–water partition coefficient (Wildman–Crippen LogP) is 4.47. The van der Waals surface area contributed by atoms with E-state index < -0.39 is 0 Å². The lowest BCUT2D eigenvalue weighted by Crippen LogP contribution is -2.19. The Balaban J connectivity index is 1.61. The molecule has 0 saturated carbocycles. The highest BCUT2D eigenvalue weighted by Gasteiger charge is 2.26. The Morgan fingerprint density at radius 2 is 2.14 bits per heavy atom. The number of aromatic nitrogens is 1. The Morgan fingerprint density at radius 3 is 2.82 bits per heavy atom. The van der Waals surface area contributed by atoms with Crippen LogP contribution in [0.1, 0.15) is 34.2 Å². The van der Waals surface area contributed by atoms with Gasteiger partial charge < -0.3 is 4.74 Å². The number of ether oxygens (including phenoxy) is 1. The zero-order chi connectivity index (χ0) is 15.4. The van der Waals surface area contributed by atoms with Crippen molar-refractivity contribution < 1.29 is 4.74 Å². The van der Waals surface area contributed by atoms with Crippen LogP contribution < -0.4 is 4.74 Å². The Morgan fingerprint density at radius 1 is 1.32 bits per heavy atom. The van der Waals surface area contributed by atoms with Crippen LogP contribution in [0.4, 0.5) is 0 Å². The summed E-state index contributed by atoms with van der Waals surface area (Å²) in [5.74, 6) is 3.55. The van der Waals surface area contributed by atoms with E-state index in [-0.39, 0.29) is 6.71 Å². The Kier molecular flexibility index (Phi) is 4.79. The number of rotatable bonds is 4. The first-order valence-electron chi connectivity index (χ1n) is 7.79. The minimum atomic E-state index is 0.234. The van der Waals surface area contributed by atoms with Crippen LogP contribution in [0.2, 0.25) is 12.6 Å². The molecule has 1 aliphatic heterocycles. The van der Waals surface area contributed by atoms with Gasteiger partial charge in [-0.05, 0) is 25.1 Å². The van der Waals surface area contributed by atoms with Crippen molar-refractivity contribution in [1.82, 2.24) is 4.98 Å². The molecule has 0 radical (unpaired) electrons. The van der Waals surface area contributed by atoms with E-state index in [1.54, 1.807) is 11.3 Å². The Labute approximate surface area is 136 Å². The number of thiophene rings is 1. The van der Waals surface area contributed by atoms with Gasteiger partial charge in [-0.3, -0.25) is 0 Å². The molecule has 0 aliphatic carbocycles. The van der Waals surface area contributed by atoms with Gasteiger partial charge in [0, 0.05) is 33.4 Å². The fourth-order valence-electron chi connectivity index (χ4n) is 2.96. The second-order valence-electron chi connectivity index (χ2n) is 5.88. The first-order chi connectivity index (χ1) is 10.7. The maximum Gasteiger partial charge on any atom is 0.267 e. The van der Waals surface area contributed by atoms with Crippen molar-refractivity contribution in [2.45, 2.75) is 44.9 Å². The van der Waals surface area contributed by atoms with Crippen LogP contribution in [0.25, 0.3) is 0 Å². The average Bonchev–Trinajstić information content (AvgIpc) is 2.99. The number of aryl methyl sites for hydroxylation is 1. The van der Waals surface area contributed by atoms with Gasteiger partial charge >= 0.3 is 0 Å². The summed E-state index contributed by atoms with van der Waals surface area (Å²) in [6.07, 6.45) is 4.09. The van der Waals surface area contributed by atoms with Crippen molar-refractivity contribution >= 4 is 18.0 Å². The zero-order valence-corrected chi connectivity index (χ0v) is 13.6. The van der Waals surface area contributed by atoms with E-state index in [9.17, 15) is 0 Å². The van der Waals surface area contributed by atoms with Gasteiger partial charge in [0.05, 0.1) is 0 Å². The third-order valence-corrected chi connectivity index (χ3v) is 5.21. The van der Waals surface area contributed by atoms with Crippen molar-refractivity contribution in [2.75, 3.05) is 0 Å². The van der Waals surface area contributed by atoms with Gasteiger partial charge in [0.15, 0.2) is 0 Å². The van der Waals surface area contributed by atoms with Gasteiger partial charge in [-0.1, -0.05) is 31.5 Å². The number of nitrogens with zero attached hydrogens (tertiary/aromatic N) is 2. The molecule has 2 aromatic heterocycles.